The summed E-state index contributed by atoms with van der Waals surface area (Å²) in [6, 6.07) is 0. The zero-order valence-electron chi connectivity index (χ0n) is 30.5. The Kier molecular flexibility index (Phi) is 7.86. The van der Waals surface area contributed by atoms with Crippen molar-refractivity contribution >= 4 is 11.8 Å². The zero-order chi connectivity index (χ0) is 35.2. The molecule has 2 heterocycles. The van der Waals surface area contributed by atoms with Crippen LogP contribution in [-0.2, 0) is 28.5 Å². The van der Waals surface area contributed by atoms with Gasteiger partial charge in [0.25, 0.3) is 0 Å². The molecule has 272 valence electrons. The maximum atomic E-state index is 14.4. The van der Waals surface area contributed by atoms with Crippen LogP contribution in [0.2, 0.25) is 0 Å². The van der Waals surface area contributed by atoms with Crippen LogP contribution in [0.5, 0.6) is 0 Å². The van der Waals surface area contributed by atoms with Crippen molar-refractivity contribution in [2.45, 2.75) is 168 Å². The summed E-state index contributed by atoms with van der Waals surface area (Å²) in [7, 11) is 0. The SMILES string of the molecule is CC(=O)O[C@](C)(C[C@@H](C)C1C(=O)[C@H](O)[C@@]2(C)C3CCC4C(C)(C)[C@@H](O[C@@H]5OC[C@H](O)[C@H](O)[C@H]5O)CC[C@@]45C[C@@]35CC[C@]12C)[C@H]1OC1(C)C. The van der Waals surface area contributed by atoms with Gasteiger partial charge in [0.05, 0.1) is 18.3 Å². The fraction of sp³-hybridized carbons (Fsp3) is 0.947. The molecule has 0 amide bonds. The van der Waals surface area contributed by atoms with Gasteiger partial charge in [-0.25, -0.2) is 0 Å². The van der Waals surface area contributed by atoms with Crippen molar-refractivity contribution in [2.24, 2.45) is 50.7 Å². The predicted molar refractivity (Wildman–Crippen MR) is 174 cm³/mol. The number of ether oxygens (including phenoxy) is 4. The number of hydrogen-bond acceptors (Lipinski definition) is 10. The minimum atomic E-state index is -1.31. The molecule has 5 aliphatic carbocycles. The number of hydrogen-bond donors (Lipinski definition) is 4. The van der Waals surface area contributed by atoms with Gasteiger partial charge < -0.3 is 39.4 Å². The molecule has 16 atom stereocenters. The number of aliphatic hydroxyl groups excluding tert-OH is 4. The maximum Gasteiger partial charge on any atom is 0.303 e. The van der Waals surface area contributed by atoms with E-state index >= 15 is 0 Å². The van der Waals surface area contributed by atoms with Gasteiger partial charge in [-0.3, -0.25) is 9.59 Å². The van der Waals surface area contributed by atoms with E-state index < -0.39 is 52.7 Å². The quantitative estimate of drug-likeness (QED) is 0.177. The summed E-state index contributed by atoms with van der Waals surface area (Å²) < 4.78 is 24.0. The second-order valence-electron chi connectivity index (χ2n) is 19.1. The Hall–Kier alpha value is -1.14. The minimum absolute atomic E-state index is 0.0571. The Balaban J connectivity index is 1.13. The van der Waals surface area contributed by atoms with Crippen molar-refractivity contribution in [1.29, 1.82) is 0 Å². The molecule has 10 nitrogen and oxygen atoms in total. The van der Waals surface area contributed by atoms with Crippen molar-refractivity contribution in [3.63, 3.8) is 0 Å². The largest absolute Gasteiger partial charge is 0.457 e. The summed E-state index contributed by atoms with van der Waals surface area (Å²) in [5.41, 5.74) is -2.29. The normalized spacial score (nSPS) is 53.3. The number of ketones is 1. The summed E-state index contributed by atoms with van der Waals surface area (Å²) in [5, 5.41) is 42.9. The van der Waals surface area contributed by atoms with Crippen LogP contribution in [0, 0.1) is 50.7 Å². The summed E-state index contributed by atoms with van der Waals surface area (Å²) in [6.45, 7) is 18.4. The first-order valence-corrected chi connectivity index (χ1v) is 18.5. The molecule has 5 saturated carbocycles. The first-order valence-electron chi connectivity index (χ1n) is 18.5. The first kappa shape index (κ1) is 35.3. The number of epoxide rings is 1. The van der Waals surface area contributed by atoms with Crippen LogP contribution in [0.25, 0.3) is 0 Å². The molecular formula is C38H60O10. The molecule has 2 saturated heterocycles. The van der Waals surface area contributed by atoms with Crippen molar-refractivity contribution in [2.75, 3.05) is 6.61 Å². The Morgan fingerprint density at radius 3 is 2.21 bits per heavy atom. The van der Waals surface area contributed by atoms with E-state index in [-0.39, 0.29) is 64.6 Å². The van der Waals surface area contributed by atoms with Crippen LogP contribution < -0.4 is 0 Å². The van der Waals surface area contributed by atoms with Gasteiger partial charge in [0.2, 0.25) is 0 Å². The van der Waals surface area contributed by atoms with E-state index in [1.807, 2.05) is 20.8 Å². The van der Waals surface area contributed by atoms with Gasteiger partial charge in [0.15, 0.2) is 12.1 Å². The smallest absolute Gasteiger partial charge is 0.303 e. The van der Waals surface area contributed by atoms with Gasteiger partial charge in [-0.1, -0.05) is 34.6 Å². The standard InChI is InChI=1S/C38H60O10/c1-19(16-35(8,47-20(2)39)31-33(5,6)48-31)25-27(42)29(44)36(9)23-11-10-22-32(3,4)24(46-30-28(43)26(41)21(40)17-45-30)12-13-37(22)18-38(23,37)15-14-34(25,36)7/h19,21-26,28-31,40-41,43-44H,10-18H2,1-9H3/t19-,21+,22?,23?,24+,25?,26+,28-,29+,30+,31+,34-,35-,36-,37-,38+/m1/s1. The Morgan fingerprint density at radius 1 is 0.958 bits per heavy atom. The van der Waals surface area contributed by atoms with Crippen LogP contribution >= 0.6 is 0 Å². The van der Waals surface area contributed by atoms with E-state index in [0.29, 0.717) is 12.3 Å². The van der Waals surface area contributed by atoms with Crippen molar-refractivity contribution in [3.05, 3.63) is 0 Å². The van der Waals surface area contributed by atoms with Gasteiger partial charge in [0.1, 0.15) is 36.1 Å². The van der Waals surface area contributed by atoms with Crippen LogP contribution in [0.3, 0.4) is 0 Å². The number of esters is 1. The molecule has 7 fully saturated rings. The van der Waals surface area contributed by atoms with E-state index in [1.165, 1.54) is 6.92 Å². The fourth-order valence-electron chi connectivity index (χ4n) is 13.9. The first-order chi connectivity index (χ1) is 22.1. The highest BCUT2D eigenvalue weighted by Crippen LogP contribution is 2.89. The Bertz CT molecular complexity index is 1350. The average molecular weight is 677 g/mol. The van der Waals surface area contributed by atoms with Crippen molar-refractivity contribution in [3.8, 4) is 0 Å². The number of aliphatic hydroxyl groups is 4. The Morgan fingerprint density at radius 2 is 1.58 bits per heavy atom. The molecule has 3 unspecified atom stereocenters. The molecule has 48 heavy (non-hydrogen) atoms. The molecule has 10 heteroatoms. The van der Waals surface area contributed by atoms with Gasteiger partial charge in [-0.05, 0) is 112 Å². The minimum Gasteiger partial charge on any atom is -0.457 e. The number of rotatable bonds is 7. The second kappa shape index (κ2) is 10.7. The molecule has 2 aliphatic heterocycles. The highest BCUT2D eigenvalue weighted by Gasteiger charge is 2.84. The summed E-state index contributed by atoms with van der Waals surface area (Å²) in [5.74, 6) is -0.296. The molecule has 0 radical (unpaired) electrons. The van der Waals surface area contributed by atoms with Gasteiger partial charge in [-0.15, -0.1) is 0 Å². The van der Waals surface area contributed by atoms with Crippen LogP contribution in [0.1, 0.15) is 114 Å². The number of carbonyl (C=O) groups excluding carboxylic acids is 2. The molecule has 4 N–H and O–H groups in total. The van der Waals surface area contributed by atoms with Crippen LogP contribution in [0.15, 0.2) is 0 Å². The summed E-state index contributed by atoms with van der Waals surface area (Å²) >= 11 is 0. The molecule has 0 aromatic heterocycles. The van der Waals surface area contributed by atoms with Crippen molar-refractivity contribution in [1.82, 2.24) is 0 Å². The monoisotopic (exact) mass is 676 g/mol. The third-order valence-electron chi connectivity index (χ3n) is 16.0. The van der Waals surface area contributed by atoms with E-state index in [9.17, 15) is 30.0 Å². The van der Waals surface area contributed by atoms with E-state index in [4.69, 9.17) is 18.9 Å². The number of Topliss-reactive ketones (excluding diaryl/α,β-unsaturated/α-hetero) is 1. The van der Waals surface area contributed by atoms with Gasteiger partial charge >= 0.3 is 5.97 Å². The molecule has 7 aliphatic rings. The topological polar surface area (TPSA) is 155 Å². The van der Waals surface area contributed by atoms with E-state index in [2.05, 4.69) is 34.6 Å². The van der Waals surface area contributed by atoms with Gasteiger partial charge in [-0.2, -0.15) is 0 Å². The highest BCUT2D eigenvalue weighted by molar-refractivity contribution is 5.90. The van der Waals surface area contributed by atoms with Gasteiger partial charge in [0, 0.05) is 18.3 Å². The lowest BCUT2D eigenvalue weighted by atomic mass is 9.41. The lowest BCUT2D eigenvalue weighted by Gasteiger charge is -2.63. The maximum absolute atomic E-state index is 14.4. The molecule has 0 aromatic carbocycles. The number of fused-ring (bicyclic) bond motifs is 2. The lowest BCUT2D eigenvalue weighted by molar-refractivity contribution is -0.303. The molecule has 0 aromatic rings. The fourth-order valence-corrected chi connectivity index (χ4v) is 13.9. The molecule has 2 spiro atoms. The Labute approximate surface area is 285 Å². The lowest BCUT2D eigenvalue weighted by Crippen LogP contribution is -2.61. The predicted octanol–water partition coefficient (Wildman–Crippen LogP) is 3.92. The van der Waals surface area contributed by atoms with E-state index in [1.54, 1.807) is 0 Å². The zero-order valence-corrected chi connectivity index (χ0v) is 30.5. The summed E-state index contributed by atoms with van der Waals surface area (Å²) in [4.78, 5) is 26.6. The third kappa shape index (κ3) is 4.48. The second-order valence-corrected chi connectivity index (χ2v) is 19.1. The van der Waals surface area contributed by atoms with Crippen molar-refractivity contribution < 1.29 is 49.0 Å². The van der Waals surface area contributed by atoms with Crippen LogP contribution in [0.4, 0.5) is 0 Å². The molecular weight excluding hydrogens is 616 g/mol. The average Bonchev–Trinajstić information content (AvgIpc) is 3.84. The van der Waals surface area contributed by atoms with E-state index in [0.717, 1.165) is 44.9 Å². The third-order valence-corrected chi connectivity index (χ3v) is 16.0. The summed E-state index contributed by atoms with van der Waals surface area (Å²) in [6.07, 6.45) is 0.949. The highest BCUT2D eigenvalue weighted by atomic mass is 16.7. The molecule has 0 bridgehead atoms. The molecule has 7 rings (SSSR count). The number of carbonyl (C=O) groups is 2. The van der Waals surface area contributed by atoms with Crippen LogP contribution in [-0.4, -0.2) is 92.9 Å².